The van der Waals surface area contributed by atoms with Crippen LogP contribution in [0.1, 0.15) is 54.6 Å². The molecule has 0 saturated carbocycles. The molecule has 1 aromatic heterocycles. The number of amides is 2. The fourth-order valence-electron chi connectivity index (χ4n) is 3.12. The number of nitrogens with one attached hydrogen (secondary N) is 2. The molecule has 2 aromatic rings. The van der Waals surface area contributed by atoms with E-state index in [2.05, 4.69) is 20.5 Å². The van der Waals surface area contributed by atoms with Gasteiger partial charge in [0.2, 0.25) is 5.91 Å². The van der Waals surface area contributed by atoms with Crippen molar-refractivity contribution in [2.45, 2.75) is 39.0 Å². The van der Waals surface area contributed by atoms with E-state index in [0.717, 1.165) is 30.9 Å². The number of hydrogen-bond donors (Lipinski definition) is 2. The van der Waals surface area contributed by atoms with E-state index in [1.54, 1.807) is 4.90 Å². The maximum Gasteiger partial charge on any atom is 0.253 e. The third kappa shape index (κ3) is 3.89. The Balaban J connectivity index is 1.65. The van der Waals surface area contributed by atoms with Gasteiger partial charge < -0.3 is 10.2 Å². The molecule has 1 saturated heterocycles. The monoisotopic (exact) mass is 359 g/mol. The van der Waals surface area contributed by atoms with Crippen LogP contribution in [0.3, 0.4) is 0 Å². The zero-order valence-corrected chi connectivity index (χ0v) is 14.9. The largest absolute Gasteiger partial charge is 0.339 e. The second-order valence-corrected chi connectivity index (χ2v) is 6.44. The molecule has 7 nitrogen and oxygen atoms in total. The van der Waals surface area contributed by atoms with Gasteiger partial charge in [0.05, 0.1) is 5.69 Å². The number of aromatic nitrogens is 3. The van der Waals surface area contributed by atoms with E-state index in [4.69, 9.17) is 0 Å². The number of aryl methyl sites for hydroxylation is 1. The molecule has 1 fully saturated rings. The number of halogens is 1. The highest BCUT2D eigenvalue weighted by atomic mass is 19.1. The lowest BCUT2D eigenvalue weighted by Gasteiger charge is -2.31. The molecule has 1 aliphatic rings. The molecule has 0 aliphatic carbocycles. The Labute approximate surface area is 151 Å². The van der Waals surface area contributed by atoms with Crippen LogP contribution >= 0.6 is 0 Å². The van der Waals surface area contributed by atoms with Crippen LogP contribution in [0.15, 0.2) is 18.2 Å². The Kier molecular flexibility index (Phi) is 5.29. The average molecular weight is 359 g/mol. The molecule has 3 rings (SSSR count). The van der Waals surface area contributed by atoms with E-state index in [1.165, 1.54) is 25.1 Å². The Bertz CT molecular complexity index is 812. The van der Waals surface area contributed by atoms with Crippen LogP contribution in [0.2, 0.25) is 0 Å². The van der Waals surface area contributed by atoms with E-state index in [9.17, 15) is 14.0 Å². The molecule has 0 atom stereocenters. The highest BCUT2D eigenvalue weighted by molar-refractivity contribution is 5.97. The molecule has 0 unspecified atom stereocenters. The molecule has 2 heterocycles. The van der Waals surface area contributed by atoms with Gasteiger partial charge in [-0.05, 0) is 31.0 Å². The third-order valence-electron chi connectivity index (χ3n) is 4.56. The molecule has 2 amide bonds. The summed E-state index contributed by atoms with van der Waals surface area (Å²) < 4.78 is 13.7. The first-order chi connectivity index (χ1) is 12.5. The zero-order valence-electron chi connectivity index (χ0n) is 14.9. The molecule has 0 bridgehead atoms. The van der Waals surface area contributed by atoms with E-state index in [-0.39, 0.29) is 23.4 Å². The van der Waals surface area contributed by atoms with Crippen LogP contribution in [0.4, 0.5) is 10.1 Å². The molecule has 138 valence electrons. The van der Waals surface area contributed by atoms with Crippen molar-refractivity contribution in [3.8, 4) is 0 Å². The molecule has 1 aromatic carbocycles. The Morgan fingerprint density at radius 1 is 1.35 bits per heavy atom. The number of carbonyl (C=O) groups is 2. The molecule has 2 N–H and O–H groups in total. The third-order valence-corrected chi connectivity index (χ3v) is 4.56. The lowest BCUT2D eigenvalue weighted by atomic mass is 9.95. The van der Waals surface area contributed by atoms with Crippen molar-refractivity contribution in [3.05, 3.63) is 41.2 Å². The molecule has 1 aliphatic heterocycles. The standard InChI is InChI=1S/C18H22FN5O2/c1-3-16-21-17(23-22-16)12-6-8-24(9-7-12)18(26)13-4-5-14(19)15(10-13)20-11(2)25/h4-5,10,12H,3,6-9H2,1-2H3,(H,20,25)(H,21,22,23). The summed E-state index contributed by atoms with van der Waals surface area (Å²) >= 11 is 0. The maximum absolute atomic E-state index is 13.7. The number of nitrogens with zero attached hydrogens (tertiary/aromatic N) is 3. The average Bonchev–Trinajstić information content (AvgIpc) is 3.12. The summed E-state index contributed by atoms with van der Waals surface area (Å²) in [4.78, 5) is 30.1. The summed E-state index contributed by atoms with van der Waals surface area (Å²) in [5, 5.41) is 9.60. The molecule has 26 heavy (non-hydrogen) atoms. The zero-order chi connectivity index (χ0) is 18.7. The van der Waals surface area contributed by atoms with E-state index in [0.29, 0.717) is 18.7 Å². The van der Waals surface area contributed by atoms with Crippen molar-refractivity contribution in [2.75, 3.05) is 18.4 Å². The second kappa shape index (κ2) is 7.63. The van der Waals surface area contributed by atoms with Crippen molar-refractivity contribution in [1.29, 1.82) is 0 Å². The van der Waals surface area contributed by atoms with Crippen LogP contribution in [-0.4, -0.2) is 45.0 Å². The summed E-state index contributed by atoms with van der Waals surface area (Å²) in [5.41, 5.74) is 0.380. The second-order valence-electron chi connectivity index (χ2n) is 6.44. The van der Waals surface area contributed by atoms with Crippen LogP contribution in [0.5, 0.6) is 0 Å². The van der Waals surface area contributed by atoms with Gasteiger partial charge in [0.1, 0.15) is 11.6 Å². The first-order valence-electron chi connectivity index (χ1n) is 8.75. The SMILES string of the molecule is CCc1nc(C2CCN(C(=O)c3ccc(F)c(NC(C)=O)c3)CC2)n[nH]1. The number of benzene rings is 1. The number of aromatic amines is 1. The topological polar surface area (TPSA) is 91.0 Å². The van der Waals surface area contributed by atoms with Gasteiger partial charge in [0.15, 0.2) is 5.82 Å². The van der Waals surface area contributed by atoms with Gasteiger partial charge in [-0.3, -0.25) is 14.7 Å². The van der Waals surface area contributed by atoms with Gasteiger partial charge in [-0.1, -0.05) is 6.92 Å². The van der Waals surface area contributed by atoms with Gasteiger partial charge in [-0.15, -0.1) is 0 Å². The summed E-state index contributed by atoms with van der Waals surface area (Å²) in [6.45, 7) is 4.49. The number of anilines is 1. The summed E-state index contributed by atoms with van der Waals surface area (Å²) in [7, 11) is 0. The maximum atomic E-state index is 13.7. The molecular weight excluding hydrogens is 337 g/mol. The highest BCUT2D eigenvalue weighted by Crippen LogP contribution is 2.27. The predicted octanol–water partition coefficient (Wildman–Crippen LogP) is 2.48. The highest BCUT2D eigenvalue weighted by Gasteiger charge is 2.27. The lowest BCUT2D eigenvalue weighted by Crippen LogP contribution is -2.38. The van der Waals surface area contributed by atoms with Crippen molar-refractivity contribution in [1.82, 2.24) is 20.1 Å². The minimum atomic E-state index is -0.563. The number of rotatable bonds is 4. The summed E-state index contributed by atoms with van der Waals surface area (Å²) in [6, 6.07) is 4.02. The Hall–Kier alpha value is -2.77. The van der Waals surface area contributed by atoms with Crippen LogP contribution in [0.25, 0.3) is 0 Å². The van der Waals surface area contributed by atoms with Gasteiger partial charge in [0.25, 0.3) is 5.91 Å². The van der Waals surface area contributed by atoms with Crippen LogP contribution in [0, 0.1) is 5.82 Å². The van der Waals surface area contributed by atoms with Gasteiger partial charge >= 0.3 is 0 Å². The van der Waals surface area contributed by atoms with Gasteiger partial charge in [0, 0.05) is 37.9 Å². The summed E-state index contributed by atoms with van der Waals surface area (Å²) in [5.74, 6) is 0.802. The quantitative estimate of drug-likeness (QED) is 0.877. The first kappa shape index (κ1) is 18.0. The normalized spacial score (nSPS) is 15.1. The summed E-state index contributed by atoms with van der Waals surface area (Å²) in [6.07, 6.45) is 2.38. The smallest absolute Gasteiger partial charge is 0.253 e. The lowest BCUT2D eigenvalue weighted by molar-refractivity contribution is -0.114. The van der Waals surface area contributed by atoms with Crippen molar-refractivity contribution >= 4 is 17.5 Å². The minimum absolute atomic E-state index is 0.0195. The Morgan fingerprint density at radius 3 is 2.69 bits per heavy atom. The fraction of sp³-hybridized carbons (Fsp3) is 0.444. The first-order valence-corrected chi connectivity index (χ1v) is 8.75. The van der Waals surface area contributed by atoms with Gasteiger partial charge in [-0.2, -0.15) is 5.10 Å². The van der Waals surface area contributed by atoms with Crippen LogP contribution < -0.4 is 5.32 Å². The molecule has 8 heteroatoms. The van der Waals surface area contributed by atoms with Crippen LogP contribution in [-0.2, 0) is 11.2 Å². The molecule has 0 radical (unpaired) electrons. The fourth-order valence-corrected chi connectivity index (χ4v) is 3.12. The van der Waals surface area contributed by atoms with Crippen molar-refractivity contribution in [2.24, 2.45) is 0 Å². The minimum Gasteiger partial charge on any atom is -0.339 e. The predicted molar refractivity (Wildman–Crippen MR) is 94.3 cm³/mol. The molecule has 0 spiro atoms. The van der Waals surface area contributed by atoms with E-state index >= 15 is 0 Å². The van der Waals surface area contributed by atoms with Crippen molar-refractivity contribution < 1.29 is 14.0 Å². The number of piperidine rings is 1. The molecular formula is C18H22FN5O2. The number of likely N-dealkylation sites (tertiary alicyclic amines) is 1. The number of carbonyl (C=O) groups excluding carboxylic acids is 2. The Morgan fingerprint density at radius 2 is 2.08 bits per heavy atom. The van der Waals surface area contributed by atoms with Crippen molar-refractivity contribution in [3.63, 3.8) is 0 Å². The number of hydrogen-bond acceptors (Lipinski definition) is 4. The number of H-pyrrole nitrogens is 1. The van der Waals surface area contributed by atoms with E-state index < -0.39 is 5.82 Å². The van der Waals surface area contributed by atoms with Gasteiger partial charge in [-0.25, -0.2) is 9.37 Å². The van der Waals surface area contributed by atoms with E-state index in [1.807, 2.05) is 6.92 Å².